The minimum atomic E-state index is -0.270. The Morgan fingerprint density at radius 1 is 1.08 bits per heavy atom. The minimum Gasteiger partial charge on any atom is -0.325 e. The van der Waals surface area contributed by atoms with E-state index in [1.807, 2.05) is 38.1 Å². The molecule has 1 aromatic heterocycles. The fourth-order valence-corrected chi connectivity index (χ4v) is 3.49. The third kappa shape index (κ3) is 4.15. The van der Waals surface area contributed by atoms with Crippen molar-refractivity contribution in [3.63, 3.8) is 0 Å². The first-order valence-electron chi connectivity index (χ1n) is 7.60. The molecule has 3 aromatic rings. The molecular formula is C18H16ClN3O2S. The second-order valence-corrected chi connectivity index (χ2v) is 7.01. The lowest BCUT2D eigenvalue weighted by Gasteiger charge is -2.04. The van der Waals surface area contributed by atoms with Gasteiger partial charge in [0.2, 0.25) is 5.91 Å². The maximum atomic E-state index is 12.4. The van der Waals surface area contributed by atoms with Crippen molar-refractivity contribution in [2.75, 3.05) is 16.5 Å². The van der Waals surface area contributed by atoms with Gasteiger partial charge in [-0.3, -0.25) is 14.9 Å². The van der Waals surface area contributed by atoms with Crippen LogP contribution in [-0.2, 0) is 4.79 Å². The molecule has 25 heavy (non-hydrogen) atoms. The van der Waals surface area contributed by atoms with Gasteiger partial charge in [-0.1, -0.05) is 28.5 Å². The number of amides is 2. The van der Waals surface area contributed by atoms with Crippen molar-refractivity contribution in [2.45, 2.75) is 13.8 Å². The maximum absolute atomic E-state index is 12.4. The number of thiazole rings is 1. The first-order chi connectivity index (χ1) is 11.9. The Labute approximate surface area is 154 Å². The number of rotatable bonds is 4. The van der Waals surface area contributed by atoms with Crippen molar-refractivity contribution < 1.29 is 9.59 Å². The number of carbonyl (C=O) groups excluding carboxylic acids is 2. The van der Waals surface area contributed by atoms with E-state index in [1.54, 1.807) is 12.1 Å². The maximum Gasteiger partial charge on any atom is 0.257 e. The van der Waals surface area contributed by atoms with Gasteiger partial charge in [0.25, 0.3) is 5.91 Å². The first-order valence-corrected chi connectivity index (χ1v) is 8.96. The minimum absolute atomic E-state index is 0.0993. The highest BCUT2D eigenvalue weighted by molar-refractivity contribution is 7.22. The van der Waals surface area contributed by atoms with E-state index in [4.69, 9.17) is 11.6 Å². The summed E-state index contributed by atoms with van der Waals surface area (Å²) in [5.74, 6) is -0.562. The van der Waals surface area contributed by atoms with Crippen LogP contribution in [0, 0.1) is 13.8 Å². The van der Waals surface area contributed by atoms with Gasteiger partial charge in [-0.05, 0) is 44.2 Å². The van der Waals surface area contributed by atoms with Gasteiger partial charge in [0.05, 0.1) is 10.2 Å². The van der Waals surface area contributed by atoms with Crippen LogP contribution < -0.4 is 10.6 Å². The molecule has 2 aromatic carbocycles. The molecule has 0 unspecified atom stereocenters. The van der Waals surface area contributed by atoms with Crippen LogP contribution in [0.5, 0.6) is 0 Å². The molecule has 0 saturated carbocycles. The summed E-state index contributed by atoms with van der Waals surface area (Å²) in [7, 11) is 0. The summed E-state index contributed by atoms with van der Waals surface area (Å²) < 4.78 is 0.864. The van der Waals surface area contributed by atoms with E-state index < -0.39 is 0 Å². The number of fused-ring (bicyclic) bond motifs is 1. The zero-order valence-electron chi connectivity index (χ0n) is 13.7. The fraction of sp³-hybridized carbons (Fsp3) is 0.167. The smallest absolute Gasteiger partial charge is 0.257 e. The molecule has 2 N–H and O–H groups in total. The molecule has 2 amide bonds. The number of halogens is 1. The fourth-order valence-electron chi connectivity index (χ4n) is 2.53. The second-order valence-electron chi connectivity index (χ2n) is 5.71. The predicted octanol–water partition coefficient (Wildman–Crippen LogP) is 4.34. The Morgan fingerprint density at radius 2 is 1.80 bits per heavy atom. The second kappa shape index (κ2) is 7.21. The number of hydrogen-bond donors (Lipinski definition) is 2. The summed E-state index contributed by atoms with van der Waals surface area (Å²) in [5, 5.41) is 6.04. The first kappa shape index (κ1) is 17.4. The molecule has 3 rings (SSSR count). The van der Waals surface area contributed by atoms with Crippen molar-refractivity contribution in [1.82, 2.24) is 4.98 Å². The molecule has 0 aliphatic rings. The van der Waals surface area contributed by atoms with Crippen molar-refractivity contribution in [1.29, 1.82) is 0 Å². The summed E-state index contributed by atoms with van der Waals surface area (Å²) in [6, 6.07) is 11.1. The van der Waals surface area contributed by atoms with Crippen molar-refractivity contribution in [3.05, 3.63) is 53.1 Å². The lowest BCUT2D eigenvalue weighted by molar-refractivity contribution is -0.113. The monoisotopic (exact) mass is 373 g/mol. The Kier molecular flexibility index (Phi) is 5.01. The van der Waals surface area contributed by atoms with Crippen LogP contribution >= 0.6 is 22.9 Å². The molecule has 7 heteroatoms. The molecule has 5 nitrogen and oxygen atoms in total. The molecule has 0 saturated heterocycles. The van der Waals surface area contributed by atoms with E-state index in [9.17, 15) is 9.59 Å². The number of nitrogens with one attached hydrogen (secondary N) is 2. The molecule has 0 fully saturated rings. The molecule has 0 aliphatic heterocycles. The van der Waals surface area contributed by atoms with E-state index in [0.717, 1.165) is 21.3 Å². The SMILES string of the molecule is Cc1cc(C)cc(C(=O)Nc2nc3ccc(NC(=O)CCl)cc3s2)c1. The Bertz CT molecular complexity index is 948. The topological polar surface area (TPSA) is 71.1 Å². The molecule has 0 aliphatic carbocycles. The van der Waals surface area contributed by atoms with Gasteiger partial charge in [-0.2, -0.15) is 0 Å². The lowest BCUT2D eigenvalue weighted by Crippen LogP contribution is -2.12. The van der Waals surface area contributed by atoms with Crippen molar-refractivity contribution >= 4 is 55.8 Å². The van der Waals surface area contributed by atoms with Crippen LogP contribution in [0.25, 0.3) is 10.2 Å². The number of aromatic nitrogens is 1. The van der Waals surface area contributed by atoms with Gasteiger partial charge in [-0.15, -0.1) is 11.6 Å². The Balaban J connectivity index is 1.81. The van der Waals surface area contributed by atoms with Gasteiger partial charge in [-0.25, -0.2) is 4.98 Å². The van der Waals surface area contributed by atoms with Crippen LogP contribution in [0.15, 0.2) is 36.4 Å². The van der Waals surface area contributed by atoms with E-state index >= 15 is 0 Å². The van der Waals surface area contributed by atoms with Gasteiger partial charge in [0.1, 0.15) is 5.88 Å². The summed E-state index contributed by atoms with van der Waals surface area (Å²) >= 11 is 6.84. The molecule has 128 valence electrons. The average molecular weight is 374 g/mol. The summed E-state index contributed by atoms with van der Waals surface area (Å²) in [6.45, 7) is 3.91. The highest BCUT2D eigenvalue weighted by Crippen LogP contribution is 2.28. The number of anilines is 2. The Morgan fingerprint density at radius 3 is 2.48 bits per heavy atom. The standard InChI is InChI=1S/C18H16ClN3O2S/c1-10-5-11(2)7-12(6-10)17(24)22-18-21-14-4-3-13(8-15(14)25-18)20-16(23)9-19/h3-8H,9H2,1-2H3,(H,20,23)(H,21,22,24). The van der Waals surface area contributed by atoms with Gasteiger partial charge in [0, 0.05) is 11.3 Å². The largest absolute Gasteiger partial charge is 0.325 e. The third-order valence-electron chi connectivity index (χ3n) is 3.50. The highest BCUT2D eigenvalue weighted by Gasteiger charge is 2.11. The van der Waals surface area contributed by atoms with Crippen molar-refractivity contribution in [3.8, 4) is 0 Å². The number of hydrogen-bond acceptors (Lipinski definition) is 4. The van der Waals surface area contributed by atoms with Crippen LogP contribution in [0.4, 0.5) is 10.8 Å². The number of aryl methyl sites for hydroxylation is 2. The quantitative estimate of drug-likeness (QED) is 0.668. The lowest BCUT2D eigenvalue weighted by atomic mass is 10.1. The highest BCUT2D eigenvalue weighted by atomic mass is 35.5. The molecule has 0 atom stereocenters. The third-order valence-corrected chi connectivity index (χ3v) is 4.67. The Hall–Kier alpha value is -2.44. The molecule has 1 heterocycles. The average Bonchev–Trinajstić information content (AvgIpc) is 2.95. The zero-order chi connectivity index (χ0) is 18.0. The molecular weight excluding hydrogens is 358 g/mol. The number of benzene rings is 2. The molecule has 0 bridgehead atoms. The van der Waals surface area contributed by atoms with Gasteiger partial charge < -0.3 is 5.32 Å². The molecule has 0 spiro atoms. The normalized spacial score (nSPS) is 10.7. The zero-order valence-corrected chi connectivity index (χ0v) is 15.3. The van der Waals surface area contributed by atoms with Crippen LogP contribution in [-0.4, -0.2) is 22.7 Å². The van der Waals surface area contributed by atoms with E-state index in [2.05, 4.69) is 15.6 Å². The van der Waals surface area contributed by atoms with Crippen LogP contribution in [0.1, 0.15) is 21.5 Å². The van der Waals surface area contributed by atoms with E-state index in [0.29, 0.717) is 16.4 Å². The van der Waals surface area contributed by atoms with Crippen molar-refractivity contribution in [2.24, 2.45) is 0 Å². The summed E-state index contributed by atoms with van der Waals surface area (Å²) in [6.07, 6.45) is 0. The van der Waals surface area contributed by atoms with Crippen LogP contribution in [0.2, 0.25) is 0 Å². The molecule has 0 radical (unpaired) electrons. The predicted molar refractivity (Wildman–Crippen MR) is 103 cm³/mol. The van der Waals surface area contributed by atoms with Gasteiger partial charge in [0.15, 0.2) is 5.13 Å². The number of nitrogens with zero attached hydrogens (tertiary/aromatic N) is 1. The van der Waals surface area contributed by atoms with Gasteiger partial charge >= 0.3 is 0 Å². The van der Waals surface area contributed by atoms with Crippen LogP contribution in [0.3, 0.4) is 0 Å². The summed E-state index contributed by atoms with van der Waals surface area (Å²) in [5.41, 5.74) is 4.08. The van der Waals surface area contributed by atoms with E-state index in [-0.39, 0.29) is 17.7 Å². The number of alkyl halides is 1. The summed E-state index contributed by atoms with van der Waals surface area (Å²) in [4.78, 5) is 28.2. The van der Waals surface area contributed by atoms with E-state index in [1.165, 1.54) is 11.3 Å². The number of carbonyl (C=O) groups is 2.